The molecule has 1 aliphatic rings. The SMILES string of the molecule is NC(=O)CC(=O)NC1CC=CC1. The van der Waals surface area contributed by atoms with E-state index in [0.717, 1.165) is 12.8 Å². The molecule has 12 heavy (non-hydrogen) atoms. The van der Waals surface area contributed by atoms with Crippen molar-refractivity contribution >= 4 is 11.8 Å². The van der Waals surface area contributed by atoms with Crippen molar-refractivity contribution in [2.75, 3.05) is 0 Å². The second-order valence-corrected chi connectivity index (χ2v) is 2.85. The van der Waals surface area contributed by atoms with Crippen LogP contribution in [-0.4, -0.2) is 17.9 Å². The number of hydrogen-bond acceptors (Lipinski definition) is 2. The molecule has 3 N–H and O–H groups in total. The van der Waals surface area contributed by atoms with Gasteiger partial charge in [0.1, 0.15) is 6.42 Å². The van der Waals surface area contributed by atoms with E-state index in [1.54, 1.807) is 0 Å². The lowest BCUT2D eigenvalue weighted by molar-refractivity contribution is -0.128. The molecule has 4 heteroatoms. The van der Waals surface area contributed by atoms with Crippen molar-refractivity contribution in [3.63, 3.8) is 0 Å². The van der Waals surface area contributed by atoms with Gasteiger partial charge in [0.2, 0.25) is 11.8 Å². The summed E-state index contributed by atoms with van der Waals surface area (Å²) in [4.78, 5) is 21.3. The Bertz CT molecular complexity index is 215. The third kappa shape index (κ3) is 2.74. The van der Waals surface area contributed by atoms with Crippen LogP contribution in [0.15, 0.2) is 12.2 Å². The molecule has 0 spiro atoms. The molecule has 4 nitrogen and oxygen atoms in total. The van der Waals surface area contributed by atoms with Gasteiger partial charge in [0.15, 0.2) is 0 Å². The molecular formula is C8H12N2O2. The maximum atomic E-state index is 11.0. The molecule has 0 aromatic heterocycles. The van der Waals surface area contributed by atoms with Crippen molar-refractivity contribution in [2.45, 2.75) is 25.3 Å². The second kappa shape index (κ2) is 3.90. The average Bonchev–Trinajstić information content (AvgIpc) is 2.37. The minimum Gasteiger partial charge on any atom is -0.369 e. The third-order valence-corrected chi connectivity index (χ3v) is 1.71. The van der Waals surface area contributed by atoms with Crippen LogP contribution in [-0.2, 0) is 9.59 Å². The molecule has 0 saturated carbocycles. The summed E-state index contributed by atoms with van der Waals surface area (Å²) < 4.78 is 0. The van der Waals surface area contributed by atoms with Gasteiger partial charge in [-0.25, -0.2) is 0 Å². The Balaban J connectivity index is 2.22. The highest BCUT2D eigenvalue weighted by molar-refractivity contribution is 5.96. The summed E-state index contributed by atoms with van der Waals surface area (Å²) in [6.07, 6.45) is 5.51. The molecular weight excluding hydrogens is 156 g/mol. The summed E-state index contributed by atoms with van der Waals surface area (Å²) in [7, 11) is 0. The highest BCUT2D eigenvalue weighted by atomic mass is 16.2. The number of nitrogens with two attached hydrogens (primary N) is 1. The van der Waals surface area contributed by atoms with Crippen molar-refractivity contribution < 1.29 is 9.59 Å². The van der Waals surface area contributed by atoms with E-state index in [-0.39, 0.29) is 18.4 Å². The van der Waals surface area contributed by atoms with Crippen molar-refractivity contribution in [1.29, 1.82) is 0 Å². The van der Waals surface area contributed by atoms with Gasteiger partial charge in [-0.3, -0.25) is 9.59 Å². The van der Waals surface area contributed by atoms with E-state index in [1.807, 2.05) is 12.2 Å². The molecule has 0 atom stereocenters. The zero-order valence-corrected chi connectivity index (χ0v) is 6.75. The Morgan fingerprint density at radius 1 is 1.42 bits per heavy atom. The Kier molecular flexibility index (Phi) is 2.85. The number of carbonyl (C=O) groups excluding carboxylic acids is 2. The van der Waals surface area contributed by atoms with Crippen LogP contribution in [0.1, 0.15) is 19.3 Å². The van der Waals surface area contributed by atoms with Crippen LogP contribution in [0.3, 0.4) is 0 Å². The van der Waals surface area contributed by atoms with E-state index in [9.17, 15) is 9.59 Å². The van der Waals surface area contributed by atoms with E-state index in [0.29, 0.717) is 0 Å². The summed E-state index contributed by atoms with van der Waals surface area (Å²) in [5.41, 5.74) is 4.85. The first kappa shape index (κ1) is 8.77. The Labute approximate surface area is 70.8 Å². The van der Waals surface area contributed by atoms with E-state index < -0.39 is 5.91 Å². The molecule has 66 valence electrons. The molecule has 0 saturated heterocycles. The zero-order chi connectivity index (χ0) is 8.97. The van der Waals surface area contributed by atoms with Gasteiger partial charge in [-0.05, 0) is 12.8 Å². The molecule has 0 aromatic rings. The lowest BCUT2D eigenvalue weighted by atomic mass is 10.2. The minimum absolute atomic E-state index is 0.164. The fourth-order valence-electron chi connectivity index (χ4n) is 1.17. The Morgan fingerprint density at radius 2 is 2.00 bits per heavy atom. The van der Waals surface area contributed by atoms with E-state index in [4.69, 9.17) is 5.73 Å². The van der Waals surface area contributed by atoms with Gasteiger partial charge in [0.25, 0.3) is 0 Å². The van der Waals surface area contributed by atoms with Crippen molar-refractivity contribution in [2.24, 2.45) is 5.73 Å². The summed E-state index contributed by atoms with van der Waals surface area (Å²) in [5.74, 6) is -0.866. The minimum atomic E-state index is -0.585. The van der Waals surface area contributed by atoms with Crippen LogP contribution in [0.5, 0.6) is 0 Å². The van der Waals surface area contributed by atoms with Crippen LogP contribution in [0.25, 0.3) is 0 Å². The summed E-state index contributed by atoms with van der Waals surface area (Å²) in [6, 6.07) is 0.164. The van der Waals surface area contributed by atoms with Gasteiger partial charge in [-0.1, -0.05) is 12.2 Å². The topological polar surface area (TPSA) is 72.2 Å². The number of carbonyl (C=O) groups is 2. The summed E-state index contributed by atoms with van der Waals surface area (Å²) in [5, 5.41) is 2.71. The first-order chi connectivity index (χ1) is 5.68. The number of nitrogens with one attached hydrogen (secondary N) is 1. The fraction of sp³-hybridized carbons (Fsp3) is 0.500. The van der Waals surface area contributed by atoms with Crippen LogP contribution < -0.4 is 11.1 Å². The predicted octanol–water partition coefficient (Wildman–Crippen LogP) is -0.303. The first-order valence-corrected chi connectivity index (χ1v) is 3.91. The lowest BCUT2D eigenvalue weighted by Gasteiger charge is -2.10. The third-order valence-electron chi connectivity index (χ3n) is 1.71. The standard InChI is InChI=1S/C8H12N2O2/c9-7(11)5-8(12)10-6-3-1-2-4-6/h1-2,6H,3-5H2,(H2,9,11)(H,10,12). The lowest BCUT2D eigenvalue weighted by Crippen LogP contribution is -2.35. The van der Waals surface area contributed by atoms with Crippen LogP contribution in [0.2, 0.25) is 0 Å². The Hall–Kier alpha value is -1.32. The fourth-order valence-corrected chi connectivity index (χ4v) is 1.17. The molecule has 0 radical (unpaired) electrons. The van der Waals surface area contributed by atoms with Crippen LogP contribution in [0.4, 0.5) is 0 Å². The number of rotatable bonds is 3. The number of hydrogen-bond donors (Lipinski definition) is 2. The maximum Gasteiger partial charge on any atom is 0.229 e. The van der Waals surface area contributed by atoms with Gasteiger partial charge < -0.3 is 11.1 Å². The zero-order valence-electron chi connectivity index (χ0n) is 6.75. The molecule has 2 amide bonds. The van der Waals surface area contributed by atoms with E-state index in [2.05, 4.69) is 5.32 Å². The quantitative estimate of drug-likeness (QED) is 0.448. The molecule has 1 aliphatic carbocycles. The maximum absolute atomic E-state index is 11.0. The van der Waals surface area contributed by atoms with Crippen molar-refractivity contribution in [1.82, 2.24) is 5.32 Å². The summed E-state index contributed by atoms with van der Waals surface area (Å²) >= 11 is 0. The molecule has 0 heterocycles. The van der Waals surface area contributed by atoms with Gasteiger partial charge >= 0.3 is 0 Å². The highest BCUT2D eigenvalue weighted by Crippen LogP contribution is 2.08. The molecule has 0 unspecified atom stereocenters. The normalized spacial score (nSPS) is 16.3. The highest BCUT2D eigenvalue weighted by Gasteiger charge is 2.13. The van der Waals surface area contributed by atoms with E-state index >= 15 is 0 Å². The van der Waals surface area contributed by atoms with Gasteiger partial charge in [-0.2, -0.15) is 0 Å². The van der Waals surface area contributed by atoms with Crippen molar-refractivity contribution in [3.8, 4) is 0 Å². The van der Waals surface area contributed by atoms with Gasteiger partial charge in [0, 0.05) is 6.04 Å². The van der Waals surface area contributed by atoms with Crippen molar-refractivity contribution in [3.05, 3.63) is 12.2 Å². The Morgan fingerprint density at radius 3 is 2.50 bits per heavy atom. The summed E-state index contributed by atoms with van der Waals surface area (Å²) in [6.45, 7) is 0. The van der Waals surface area contributed by atoms with Crippen LogP contribution >= 0.6 is 0 Å². The smallest absolute Gasteiger partial charge is 0.229 e. The average molecular weight is 168 g/mol. The van der Waals surface area contributed by atoms with Crippen LogP contribution in [0, 0.1) is 0 Å². The molecule has 0 fully saturated rings. The molecule has 0 bridgehead atoms. The largest absolute Gasteiger partial charge is 0.369 e. The number of primary amides is 1. The molecule has 1 rings (SSSR count). The second-order valence-electron chi connectivity index (χ2n) is 2.85. The first-order valence-electron chi connectivity index (χ1n) is 3.91. The van der Waals surface area contributed by atoms with Gasteiger partial charge in [-0.15, -0.1) is 0 Å². The molecule has 0 aliphatic heterocycles. The molecule has 0 aromatic carbocycles. The number of amides is 2. The monoisotopic (exact) mass is 168 g/mol. The van der Waals surface area contributed by atoms with E-state index in [1.165, 1.54) is 0 Å². The van der Waals surface area contributed by atoms with Gasteiger partial charge in [0.05, 0.1) is 0 Å². The predicted molar refractivity (Wildman–Crippen MR) is 44.1 cm³/mol.